The SMILES string of the molecule is C[C@@](N)(CO)c1cccc(N)c1. The van der Waals surface area contributed by atoms with Crippen LogP contribution in [0, 0.1) is 0 Å². The van der Waals surface area contributed by atoms with Gasteiger partial charge in [0.2, 0.25) is 0 Å². The molecule has 0 saturated heterocycles. The number of nitrogen functional groups attached to an aromatic ring is 1. The fourth-order valence-electron chi connectivity index (χ4n) is 0.985. The van der Waals surface area contributed by atoms with Crippen molar-refractivity contribution in [3.8, 4) is 0 Å². The summed E-state index contributed by atoms with van der Waals surface area (Å²) in [4.78, 5) is 0. The summed E-state index contributed by atoms with van der Waals surface area (Å²) >= 11 is 0. The molecular weight excluding hydrogens is 152 g/mol. The zero-order valence-corrected chi connectivity index (χ0v) is 7.12. The maximum Gasteiger partial charge on any atom is 0.0650 e. The van der Waals surface area contributed by atoms with Gasteiger partial charge < -0.3 is 16.6 Å². The summed E-state index contributed by atoms with van der Waals surface area (Å²) in [6.45, 7) is 1.68. The Morgan fingerprint density at radius 2 is 2.17 bits per heavy atom. The molecule has 66 valence electrons. The molecule has 0 aliphatic heterocycles. The molecule has 0 radical (unpaired) electrons. The molecule has 3 heteroatoms. The van der Waals surface area contributed by atoms with Crippen LogP contribution in [0.4, 0.5) is 5.69 Å². The molecule has 0 fully saturated rings. The molecule has 0 saturated carbocycles. The van der Waals surface area contributed by atoms with Gasteiger partial charge in [-0.05, 0) is 24.6 Å². The third kappa shape index (κ3) is 1.75. The highest BCUT2D eigenvalue weighted by Gasteiger charge is 2.19. The van der Waals surface area contributed by atoms with Crippen LogP contribution in [0.5, 0.6) is 0 Å². The number of nitrogens with two attached hydrogens (primary N) is 2. The Bertz CT molecular complexity index is 271. The van der Waals surface area contributed by atoms with Crippen molar-refractivity contribution in [3.63, 3.8) is 0 Å². The lowest BCUT2D eigenvalue weighted by molar-refractivity contribution is 0.210. The highest BCUT2D eigenvalue weighted by Crippen LogP contribution is 2.18. The second-order valence-electron chi connectivity index (χ2n) is 3.20. The monoisotopic (exact) mass is 166 g/mol. The van der Waals surface area contributed by atoms with Gasteiger partial charge in [-0.15, -0.1) is 0 Å². The number of hydrogen-bond acceptors (Lipinski definition) is 3. The van der Waals surface area contributed by atoms with Crippen molar-refractivity contribution < 1.29 is 5.11 Å². The summed E-state index contributed by atoms with van der Waals surface area (Å²) in [5.41, 5.74) is 12.2. The molecule has 0 spiro atoms. The van der Waals surface area contributed by atoms with E-state index < -0.39 is 5.54 Å². The van der Waals surface area contributed by atoms with Crippen LogP contribution in [-0.2, 0) is 5.54 Å². The van der Waals surface area contributed by atoms with Crippen molar-refractivity contribution in [1.82, 2.24) is 0 Å². The summed E-state index contributed by atoms with van der Waals surface area (Å²) in [5.74, 6) is 0. The largest absolute Gasteiger partial charge is 0.399 e. The molecule has 3 nitrogen and oxygen atoms in total. The van der Waals surface area contributed by atoms with E-state index >= 15 is 0 Å². The highest BCUT2D eigenvalue weighted by atomic mass is 16.3. The standard InChI is InChI=1S/C9H14N2O/c1-9(11,6-12)7-3-2-4-8(10)5-7/h2-5,12H,6,10-11H2,1H3/t9-/m1/s1. The Morgan fingerprint density at radius 3 is 2.67 bits per heavy atom. The van der Waals surface area contributed by atoms with Gasteiger partial charge in [0.1, 0.15) is 0 Å². The van der Waals surface area contributed by atoms with Crippen molar-refractivity contribution >= 4 is 5.69 Å². The molecule has 1 rings (SSSR count). The average molecular weight is 166 g/mol. The number of rotatable bonds is 2. The van der Waals surface area contributed by atoms with E-state index in [9.17, 15) is 0 Å². The van der Waals surface area contributed by atoms with E-state index in [1.165, 1.54) is 0 Å². The zero-order chi connectivity index (χ0) is 9.19. The maximum absolute atomic E-state index is 8.97. The van der Waals surface area contributed by atoms with Crippen LogP contribution in [0.15, 0.2) is 24.3 Å². The van der Waals surface area contributed by atoms with Crippen molar-refractivity contribution in [1.29, 1.82) is 0 Å². The first-order valence-corrected chi connectivity index (χ1v) is 3.82. The molecule has 5 N–H and O–H groups in total. The smallest absolute Gasteiger partial charge is 0.0650 e. The van der Waals surface area contributed by atoms with Crippen LogP contribution in [0.3, 0.4) is 0 Å². The number of aliphatic hydroxyl groups is 1. The second-order valence-corrected chi connectivity index (χ2v) is 3.20. The predicted octanol–water partition coefficient (Wildman–Crippen LogP) is 0.435. The van der Waals surface area contributed by atoms with E-state index in [2.05, 4.69) is 0 Å². The van der Waals surface area contributed by atoms with Crippen molar-refractivity contribution in [2.45, 2.75) is 12.5 Å². The Labute approximate surface area is 72.0 Å². The van der Waals surface area contributed by atoms with Crippen molar-refractivity contribution in [2.75, 3.05) is 12.3 Å². The molecule has 1 atom stereocenters. The minimum absolute atomic E-state index is 0.0869. The fourth-order valence-corrected chi connectivity index (χ4v) is 0.985. The van der Waals surface area contributed by atoms with Gasteiger partial charge in [-0.3, -0.25) is 0 Å². The van der Waals surface area contributed by atoms with E-state index in [1.807, 2.05) is 12.1 Å². The molecule has 1 aromatic carbocycles. The molecule has 0 unspecified atom stereocenters. The lowest BCUT2D eigenvalue weighted by Gasteiger charge is -2.22. The molecule has 0 aromatic heterocycles. The number of hydrogen-bond donors (Lipinski definition) is 3. The highest BCUT2D eigenvalue weighted by molar-refractivity contribution is 5.42. The van der Waals surface area contributed by atoms with Crippen molar-refractivity contribution in [3.05, 3.63) is 29.8 Å². The first kappa shape index (κ1) is 9.03. The van der Waals surface area contributed by atoms with Gasteiger partial charge in [-0.2, -0.15) is 0 Å². The lowest BCUT2D eigenvalue weighted by atomic mass is 9.94. The van der Waals surface area contributed by atoms with Gasteiger partial charge in [0.15, 0.2) is 0 Å². The summed E-state index contributed by atoms with van der Waals surface area (Å²) in [6, 6.07) is 7.24. The fraction of sp³-hybridized carbons (Fsp3) is 0.333. The molecule has 0 bridgehead atoms. The number of anilines is 1. The van der Waals surface area contributed by atoms with Crippen LogP contribution in [0.2, 0.25) is 0 Å². The van der Waals surface area contributed by atoms with Gasteiger partial charge in [-0.25, -0.2) is 0 Å². The molecule has 0 amide bonds. The summed E-state index contributed by atoms with van der Waals surface area (Å²) < 4.78 is 0. The lowest BCUT2D eigenvalue weighted by Crippen LogP contribution is -2.36. The van der Waals surface area contributed by atoms with E-state index in [0.717, 1.165) is 5.56 Å². The maximum atomic E-state index is 8.97. The van der Waals surface area contributed by atoms with Crippen molar-refractivity contribution in [2.24, 2.45) is 5.73 Å². The first-order chi connectivity index (χ1) is 5.56. The van der Waals surface area contributed by atoms with Gasteiger partial charge in [0.05, 0.1) is 12.1 Å². The average Bonchev–Trinajstić information content (AvgIpc) is 2.05. The minimum Gasteiger partial charge on any atom is -0.399 e. The Balaban J connectivity index is 3.03. The Kier molecular flexibility index (Phi) is 2.35. The van der Waals surface area contributed by atoms with Gasteiger partial charge >= 0.3 is 0 Å². The molecule has 0 aliphatic rings. The van der Waals surface area contributed by atoms with Gasteiger partial charge in [-0.1, -0.05) is 12.1 Å². The zero-order valence-electron chi connectivity index (χ0n) is 7.12. The summed E-state index contributed by atoms with van der Waals surface area (Å²) in [6.07, 6.45) is 0. The molecular formula is C9H14N2O. The van der Waals surface area contributed by atoms with E-state index in [-0.39, 0.29) is 6.61 Å². The topological polar surface area (TPSA) is 72.3 Å². The van der Waals surface area contributed by atoms with E-state index in [0.29, 0.717) is 5.69 Å². The van der Waals surface area contributed by atoms with Crippen LogP contribution in [0.25, 0.3) is 0 Å². The molecule has 1 aromatic rings. The first-order valence-electron chi connectivity index (χ1n) is 3.82. The van der Waals surface area contributed by atoms with E-state index in [1.54, 1.807) is 19.1 Å². The third-order valence-electron chi connectivity index (χ3n) is 1.87. The quantitative estimate of drug-likeness (QED) is 0.558. The summed E-state index contributed by atoms with van der Waals surface area (Å²) in [7, 11) is 0. The van der Waals surface area contributed by atoms with Gasteiger partial charge in [0, 0.05) is 5.69 Å². The normalized spacial score (nSPS) is 15.6. The van der Waals surface area contributed by atoms with Crippen LogP contribution in [-0.4, -0.2) is 11.7 Å². The predicted molar refractivity (Wildman–Crippen MR) is 49.5 cm³/mol. The van der Waals surface area contributed by atoms with E-state index in [4.69, 9.17) is 16.6 Å². The Hall–Kier alpha value is -1.06. The third-order valence-corrected chi connectivity index (χ3v) is 1.87. The van der Waals surface area contributed by atoms with Gasteiger partial charge in [0.25, 0.3) is 0 Å². The second kappa shape index (κ2) is 3.13. The van der Waals surface area contributed by atoms with Crippen LogP contribution in [0.1, 0.15) is 12.5 Å². The molecule has 0 heterocycles. The Morgan fingerprint density at radius 1 is 1.50 bits per heavy atom. The molecule has 0 aliphatic carbocycles. The molecule has 12 heavy (non-hydrogen) atoms. The summed E-state index contributed by atoms with van der Waals surface area (Å²) in [5, 5.41) is 8.97. The van der Waals surface area contributed by atoms with Crippen LogP contribution < -0.4 is 11.5 Å². The number of benzene rings is 1. The minimum atomic E-state index is -0.699. The number of aliphatic hydroxyl groups excluding tert-OH is 1. The van der Waals surface area contributed by atoms with Crippen LogP contribution >= 0.6 is 0 Å².